The van der Waals surface area contributed by atoms with Gasteiger partial charge in [0.2, 0.25) is 0 Å². The number of urea groups is 1. The molecule has 2 aliphatic rings. The molecule has 4 rings (SSSR count). The molecule has 1 unspecified atom stereocenters. The van der Waals surface area contributed by atoms with E-state index in [0.717, 1.165) is 50.3 Å². The number of piperidine rings is 1. The number of para-hydroxylation sites is 1. The molecular weight excluding hydrogens is 412 g/mol. The largest absolute Gasteiger partial charge is 0.351 e. The smallest absolute Gasteiger partial charge is 0.321 e. The number of hydrogen-bond acceptors (Lipinski definition) is 3. The van der Waals surface area contributed by atoms with E-state index in [9.17, 15) is 9.59 Å². The maximum atomic E-state index is 12.8. The summed E-state index contributed by atoms with van der Waals surface area (Å²) in [6.45, 7) is 5.30. The fraction of sp³-hybridized carbons (Fsp3) is 0.481. The molecule has 0 aromatic heterocycles. The Labute approximate surface area is 197 Å². The van der Waals surface area contributed by atoms with E-state index in [0.29, 0.717) is 18.7 Å². The van der Waals surface area contributed by atoms with Gasteiger partial charge in [0.1, 0.15) is 0 Å². The summed E-state index contributed by atoms with van der Waals surface area (Å²) < 4.78 is 0. The van der Waals surface area contributed by atoms with E-state index < -0.39 is 0 Å². The lowest BCUT2D eigenvalue weighted by atomic mass is 9.89. The third-order valence-corrected chi connectivity index (χ3v) is 6.77. The number of anilines is 1. The van der Waals surface area contributed by atoms with Gasteiger partial charge < -0.3 is 20.4 Å². The number of carbonyl (C=O) groups excluding carboxylic acids is 2. The summed E-state index contributed by atoms with van der Waals surface area (Å²) in [7, 11) is 0. The summed E-state index contributed by atoms with van der Waals surface area (Å²) in [4.78, 5) is 29.8. The van der Waals surface area contributed by atoms with Crippen LogP contribution < -0.4 is 10.6 Å². The predicted octanol–water partition coefficient (Wildman–Crippen LogP) is 4.70. The first-order chi connectivity index (χ1) is 16.2. The second kappa shape index (κ2) is 11.8. The molecule has 6 nitrogen and oxygen atoms in total. The van der Waals surface area contributed by atoms with Crippen molar-refractivity contribution in [3.63, 3.8) is 0 Å². The summed E-state index contributed by atoms with van der Waals surface area (Å²) >= 11 is 0. The van der Waals surface area contributed by atoms with Crippen LogP contribution in [0.3, 0.4) is 0 Å². The molecule has 2 fully saturated rings. The lowest BCUT2D eigenvalue weighted by molar-refractivity contribution is 0.0948. The number of hydrogen-bond donors (Lipinski definition) is 2. The molecule has 2 aliphatic heterocycles. The Morgan fingerprint density at radius 1 is 0.879 bits per heavy atom. The van der Waals surface area contributed by atoms with E-state index in [1.165, 1.54) is 25.7 Å². The number of rotatable bonds is 6. The highest BCUT2D eigenvalue weighted by Gasteiger charge is 2.25. The molecule has 2 aromatic carbocycles. The first kappa shape index (κ1) is 23.3. The SMILES string of the molecule is O=C(NCCN1CCCCCC1)c1cccc(C2CCCN(C(=O)Nc3ccccc3)C2)c1. The molecule has 33 heavy (non-hydrogen) atoms. The topological polar surface area (TPSA) is 64.7 Å². The molecular formula is C27H36N4O2. The number of benzene rings is 2. The second-order valence-corrected chi connectivity index (χ2v) is 9.22. The van der Waals surface area contributed by atoms with Gasteiger partial charge in [-0.25, -0.2) is 4.79 Å². The summed E-state index contributed by atoms with van der Waals surface area (Å²) in [5, 5.41) is 6.08. The average molecular weight is 449 g/mol. The molecule has 0 spiro atoms. The van der Waals surface area contributed by atoms with Gasteiger partial charge in [-0.05, 0) is 68.6 Å². The van der Waals surface area contributed by atoms with Crippen molar-refractivity contribution in [2.45, 2.75) is 44.4 Å². The lowest BCUT2D eigenvalue weighted by Crippen LogP contribution is -2.41. The zero-order valence-electron chi connectivity index (χ0n) is 19.5. The Balaban J connectivity index is 1.30. The highest BCUT2D eigenvalue weighted by atomic mass is 16.2. The Hall–Kier alpha value is -2.86. The lowest BCUT2D eigenvalue weighted by Gasteiger charge is -2.33. The number of amides is 3. The highest BCUT2D eigenvalue weighted by Crippen LogP contribution is 2.28. The van der Waals surface area contributed by atoms with Crippen LogP contribution in [0.2, 0.25) is 0 Å². The molecule has 6 heteroatoms. The quantitative estimate of drug-likeness (QED) is 0.673. The van der Waals surface area contributed by atoms with E-state index >= 15 is 0 Å². The molecule has 0 radical (unpaired) electrons. The monoisotopic (exact) mass is 448 g/mol. The maximum Gasteiger partial charge on any atom is 0.321 e. The van der Waals surface area contributed by atoms with Gasteiger partial charge in [0, 0.05) is 43.3 Å². The van der Waals surface area contributed by atoms with Crippen molar-refractivity contribution in [1.29, 1.82) is 0 Å². The van der Waals surface area contributed by atoms with Crippen LogP contribution in [0.4, 0.5) is 10.5 Å². The molecule has 176 valence electrons. The zero-order chi connectivity index (χ0) is 22.9. The Bertz CT molecular complexity index is 909. The normalized spacial score (nSPS) is 19.5. The van der Waals surface area contributed by atoms with Crippen molar-refractivity contribution in [3.05, 3.63) is 65.7 Å². The summed E-state index contributed by atoms with van der Waals surface area (Å²) in [6.07, 6.45) is 7.15. The summed E-state index contributed by atoms with van der Waals surface area (Å²) in [5.41, 5.74) is 2.64. The first-order valence-electron chi connectivity index (χ1n) is 12.4. The Morgan fingerprint density at radius 3 is 2.45 bits per heavy atom. The van der Waals surface area contributed by atoms with E-state index in [4.69, 9.17) is 0 Å². The molecule has 0 bridgehead atoms. The van der Waals surface area contributed by atoms with E-state index in [-0.39, 0.29) is 17.9 Å². The average Bonchev–Trinajstić information content (AvgIpc) is 3.14. The fourth-order valence-corrected chi connectivity index (χ4v) is 4.88. The third-order valence-electron chi connectivity index (χ3n) is 6.77. The van der Waals surface area contributed by atoms with Crippen LogP contribution >= 0.6 is 0 Å². The standard InChI is InChI=1S/C27H36N4O2/c32-26(28-15-19-30-16-6-1-2-7-17-30)23-11-8-10-22(20-23)24-12-9-18-31(21-24)27(33)29-25-13-4-3-5-14-25/h3-5,8,10-11,13-14,20,24H,1-2,6-7,9,12,15-19,21H2,(H,28,32)(H,29,33). The van der Waals surface area contributed by atoms with E-state index in [2.05, 4.69) is 21.6 Å². The molecule has 2 aromatic rings. The van der Waals surface area contributed by atoms with E-state index in [1.54, 1.807) is 0 Å². The minimum atomic E-state index is -0.0617. The van der Waals surface area contributed by atoms with Crippen molar-refractivity contribution in [2.75, 3.05) is 44.6 Å². The number of likely N-dealkylation sites (tertiary alicyclic amines) is 2. The molecule has 2 N–H and O–H groups in total. The third kappa shape index (κ3) is 6.81. The van der Waals surface area contributed by atoms with Crippen molar-refractivity contribution in [1.82, 2.24) is 15.1 Å². The summed E-state index contributed by atoms with van der Waals surface area (Å²) in [6, 6.07) is 17.4. The van der Waals surface area contributed by atoms with Crippen LogP contribution in [0, 0.1) is 0 Å². The van der Waals surface area contributed by atoms with Gasteiger partial charge in [0.15, 0.2) is 0 Å². The van der Waals surface area contributed by atoms with Crippen molar-refractivity contribution >= 4 is 17.6 Å². The second-order valence-electron chi connectivity index (χ2n) is 9.22. The van der Waals surface area contributed by atoms with Gasteiger partial charge in [-0.1, -0.05) is 43.2 Å². The van der Waals surface area contributed by atoms with E-state index in [1.807, 2.05) is 53.4 Å². The van der Waals surface area contributed by atoms with Gasteiger partial charge in [0.05, 0.1) is 0 Å². The van der Waals surface area contributed by atoms with Gasteiger partial charge >= 0.3 is 6.03 Å². The molecule has 0 aliphatic carbocycles. The molecule has 2 saturated heterocycles. The summed E-state index contributed by atoms with van der Waals surface area (Å²) in [5.74, 6) is 0.228. The Morgan fingerprint density at radius 2 is 1.67 bits per heavy atom. The van der Waals surface area contributed by atoms with Crippen LogP contribution in [-0.2, 0) is 0 Å². The molecule has 1 atom stereocenters. The zero-order valence-corrected chi connectivity index (χ0v) is 19.5. The highest BCUT2D eigenvalue weighted by molar-refractivity contribution is 5.94. The van der Waals surface area contributed by atoms with Crippen LogP contribution in [-0.4, -0.2) is 61.0 Å². The van der Waals surface area contributed by atoms with Crippen molar-refractivity contribution < 1.29 is 9.59 Å². The predicted molar refractivity (Wildman–Crippen MR) is 133 cm³/mol. The molecule has 2 heterocycles. The molecule has 3 amide bonds. The van der Waals surface area contributed by atoms with Crippen molar-refractivity contribution in [3.8, 4) is 0 Å². The van der Waals surface area contributed by atoms with Gasteiger partial charge in [0.25, 0.3) is 5.91 Å². The maximum absolute atomic E-state index is 12.8. The van der Waals surface area contributed by atoms with Crippen LogP contribution in [0.15, 0.2) is 54.6 Å². The van der Waals surface area contributed by atoms with Gasteiger partial charge in [-0.2, -0.15) is 0 Å². The first-order valence-corrected chi connectivity index (χ1v) is 12.4. The Kier molecular flexibility index (Phi) is 8.36. The number of nitrogens with zero attached hydrogens (tertiary/aromatic N) is 2. The fourth-order valence-electron chi connectivity index (χ4n) is 4.88. The van der Waals surface area contributed by atoms with Gasteiger partial charge in [-0.3, -0.25) is 4.79 Å². The number of carbonyl (C=O) groups is 2. The van der Waals surface area contributed by atoms with Crippen LogP contribution in [0.5, 0.6) is 0 Å². The van der Waals surface area contributed by atoms with Crippen LogP contribution in [0.1, 0.15) is 60.4 Å². The van der Waals surface area contributed by atoms with Crippen LogP contribution in [0.25, 0.3) is 0 Å². The van der Waals surface area contributed by atoms with Gasteiger partial charge in [-0.15, -0.1) is 0 Å². The minimum absolute atomic E-state index is 0.0128. The minimum Gasteiger partial charge on any atom is -0.351 e. The number of nitrogens with one attached hydrogen (secondary N) is 2. The molecule has 0 saturated carbocycles. The van der Waals surface area contributed by atoms with Crippen molar-refractivity contribution in [2.24, 2.45) is 0 Å².